The Labute approximate surface area is 143 Å². The summed E-state index contributed by atoms with van der Waals surface area (Å²) >= 11 is 0. The number of hydrogen-bond donors (Lipinski definition) is 1. The van der Waals surface area contributed by atoms with Crippen LogP contribution in [0.15, 0.2) is 17.0 Å². The summed E-state index contributed by atoms with van der Waals surface area (Å²) in [4.78, 5) is 20.7. The van der Waals surface area contributed by atoms with Crippen LogP contribution in [0.1, 0.15) is 19.8 Å². The Hall–Kier alpha value is -2.27. The molecular weight excluding hydrogens is 359 g/mol. The average Bonchev–Trinajstić information content (AvgIpc) is 2.53. The fourth-order valence-electron chi connectivity index (χ4n) is 2.79. The van der Waals surface area contributed by atoms with E-state index in [-0.39, 0.29) is 6.54 Å². The Balaban J connectivity index is 2.52. The van der Waals surface area contributed by atoms with Crippen molar-refractivity contribution in [3.63, 3.8) is 0 Å². The van der Waals surface area contributed by atoms with Crippen LogP contribution in [0.5, 0.6) is 5.75 Å². The molecule has 0 spiro atoms. The maximum absolute atomic E-state index is 14.1. The SMILES string of the molecule is COc1c(F)cc(S(=O)(=O)N2CC(C(=O)O)CCC2C)cc1[N+](=O)[O-]. The zero-order valence-electron chi connectivity index (χ0n) is 13.5. The normalized spacial score (nSPS) is 21.7. The van der Waals surface area contributed by atoms with Crippen molar-refractivity contribution in [1.82, 2.24) is 4.31 Å². The number of carbonyl (C=O) groups is 1. The van der Waals surface area contributed by atoms with Gasteiger partial charge >= 0.3 is 11.7 Å². The highest BCUT2D eigenvalue weighted by Crippen LogP contribution is 2.35. The van der Waals surface area contributed by atoms with E-state index < -0.39 is 55.0 Å². The molecule has 0 saturated carbocycles. The summed E-state index contributed by atoms with van der Waals surface area (Å²) in [6.07, 6.45) is 0.635. The maximum Gasteiger partial charge on any atom is 0.315 e. The van der Waals surface area contributed by atoms with Crippen LogP contribution in [0.2, 0.25) is 0 Å². The Bertz CT molecular complexity index is 812. The lowest BCUT2D eigenvalue weighted by Crippen LogP contribution is -2.47. The number of benzene rings is 1. The van der Waals surface area contributed by atoms with E-state index in [1.165, 1.54) is 0 Å². The summed E-state index contributed by atoms with van der Waals surface area (Å²) in [5, 5.41) is 20.2. The third-order valence-corrected chi connectivity index (χ3v) is 6.14. The lowest BCUT2D eigenvalue weighted by molar-refractivity contribution is -0.386. The number of carboxylic acid groups (broad SMARTS) is 1. The third kappa shape index (κ3) is 3.56. The number of hydrogen-bond acceptors (Lipinski definition) is 6. The summed E-state index contributed by atoms with van der Waals surface area (Å²) in [6, 6.07) is 0.844. The lowest BCUT2D eigenvalue weighted by atomic mass is 9.96. The molecule has 1 aromatic carbocycles. The largest absolute Gasteiger partial charge is 0.488 e. The number of ether oxygens (including phenoxy) is 1. The molecule has 2 rings (SSSR count). The van der Waals surface area contributed by atoms with E-state index in [2.05, 4.69) is 4.74 Å². The van der Waals surface area contributed by atoms with Crippen LogP contribution in [0.25, 0.3) is 0 Å². The first-order valence-corrected chi connectivity index (χ1v) is 8.80. The van der Waals surface area contributed by atoms with Gasteiger partial charge in [0.2, 0.25) is 15.8 Å². The topological polar surface area (TPSA) is 127 Å². The van der Waals surface area contributed by atoms with Gasteiger partial charge in [0.15, 0.2) is 5.82 Å². The van der Waals surface area contributed by atoms with E-state index in [1.807, 2.05) is 0 Å². The quantitative estimate of drug-likeness (QED) is 0.611. The fraction of sp³-hybridized carbons (Fsp3) is 0.500. The summed E-state index contributed by atoms with van der Waals surface area (Å²) in [5.41, 5.74) is -0.819. The van der Waals surface area contributed by atoms with E-state index >= 15 is 0 Å². The Morgan fingerprint density at radius 3 is 2.60 bits per heavy atom. The molecule has 9 nitrogen and oxygen atoms in total. The average molecular weight is 376 g/mol. The number of halogens is 1. The Kier molecular flexibility index (Phi) is 5.28. The number of carboxylic acids is 1. The monoisotopic (exact) mass is 376 g/mol. The van der Waals surface area contributed by atoms with Gasteiger partial charge in [-0.25, -0.2) is 12.8 Å². The van der Waals surface area contributed by atoms with Gasteiger partial charge in [0.05, 0.1) is 22.8 Å². The summed E-state index contributed by atoms with van der Waals surface area (Å²) < 4.78 is 45.2. The Morgan fingerprint density at radius 1 is 1.44 bits per heavy atom. The highest BCUT2D eigenvalue weighted by molar-refractivity contribution is 7.89. The predicted octanol–water partition coefficient (Wildman–Crippen LogP) is 1.62. The van der Waals surface area contributed by atoms with Crippen molar-refractivity contribution in [3.8, 4) is 5.75 Å². The molecule has 0 aromatic heterocycles. The number of nitro benzene ring substituents is 1. The van der Waals surface area contributed by atoms with Gasteiger partial charge in [-0.1, -0.05) is 0 Å². The number of sulfonamides is 1. The van der Waals surface area contributed by atoms with E-state index in [0.717, 1.165) is 11.4 Å². The molecule has 1 aliphatic heterocycles. The summed E-state index contributed by atoms with van der Waals surface area (Å²) in [6.45, 7) is 1.32. The molecule has 0 radical (unpaired) electrons. The molecular formula is C14H17FN2O7S. The molecule has 1 aromatic rings. The number of rotatable bonds is 5. The van der Waals surface area contributed by atoms with Crippen molar-refractivity contribution in [2.45, 2.75) is 30.7 Å². The number of methoxy groups -OCH3 is 1. The van der Waals surface area contributed by atoms with Gasteiger partial charge < -0.3 is 9.84 Å². The van der Waals surface area contributed by atoms with Crippen molar-refractivity contribution in [3.05, 3.63) is 28.1 Å². The fourth-order valence-corrected chi connectivity index (χ4v) is 4.53. The first-order valence-electron chi connectivity index (χ1n) is 7.36. The molecule has 1 N–H and O–H groups in total. The van der Waals surface area contributed by atoms with Gasteiger partial charge in [-0.2, -0.15) is 4.31 Å². The van der Waals surface area contributed by atoms with Gasteiger partial charge in [-0.3, -0.25) is 14.9 Å². The van der Waals surface area contributed by atoms with Crippen LogP contribution in [-0.2, 0) is 14.8 Å². The minimum Gasteiger partial charge on any atom is -0.488 e. The minimum absolute atomic E-state index is 0.278. The predicted molar refractivity (Wildman–Crippen MR) is 83.3 cm³/mol. The van der Waals surface area contributed by atoms with E-state index in [9.17, 15) is 27.7 Å². The highest BCUT2D eigenvalue weighted by Gasteiger charge is 2.38. The number of nitrogens with zero attached hydrogens (tertiary/aromatic N) is 2. The Morgan fingerprint density at radius 2 is 2.08 bits per heavy atom. The molecule has 1 fully saturated rings. The van der Waals surface area contributed by atoms with E-state index in [1.54, 1.807) is 6.92 Å². The number of piperidine rings is 1. The second kappa shape index (κ2) is 6.92. The van der Waals surface area contributed by atoms with Crippen LogP contribution in [0, 0.1) is 21.8 Å². The molecule has 0 amide bonds. The molecule has 25 heavy (non-hydrogen) atoms. The number of aliphatic carboxylic acids is 1. The molecule has 11 heteroatoms. The van der Waals surface area contributed by atoms with Gasteiger partial charge in [0.1, 0.15) is 0 Å². The van der Waals surface area contributed by atoms with Crippen LogP contribution in [-0.4, -0.2) is 48.4 Å². The summed E-state index contributed by atoms with van der Waals surface area (Å²) in [7, 11) is -3.28. The van der Waals surface area contributed by atoms with Gasteiger partial charge in [-0.05, 0) is 25.8 Å². The van der Waals surface area contributed by atoms with E-state index in [4.69, 9.17) is 5.11 Å². The standard InChI is InChI=1S/C14H17FN2O7S/c1-8-3-4-9(14(18)19)7-16(8)25(22,23)10-5-11(15)13(24-2)12(6-10)17(20)21/h5-6,8-9H,3-4,7H2,1-2H3,(H,18,19). The highest BCUT2D eigenvalue weighted by atomic mass is 32.2. The molecule has 0 aliphatic carbocycles. The van der Waals surface area contributed by atoms with Crippen molar-refractivity contribution in [1.29, 1.82) is 0 Å². The summed E-state index contributed by atoms with van der Waals surface area (Å²) in [5.74, 6) is -3.86. The first-order chi connectivity index (χ1) is 11.6. The van der Waals surface area contributed by atoms with Crippen molar-refractivity contribution in [2.24, 2.45) is 5.92 Å². The van der Waals surface area contributed by atoms with E-state index in [0.29, 0.717) is 25.0 Å². The molecule has 1 aliphatic rings. The lowest BCUT2D eigenvalue weighted by Gasteiger charge is -2.35. The second-order valence-electron chi connectivity index (χ2n) is 5.75. The molecule has 1 heterocycles. The van der Waals surface area contributed by atoms with Crippen LogP contribution in [0.4, 0.5) is 10.1 Å². The zero-order valence-corrected chi connectivity index (χ0v) is 14.3. The van der Waals surface area contributed by atoms with Gasteiger partial charge in [0, 0.05) is 18.7 Å². The van der Waals surface area contributed by atoms with Crippen molar-refractivity contribution in [2.75, 3.05) is 13.7 Å². The third-order valence-electron chi connectivity index (χ3n) is 4.18. The maximum atomic E-state index is 14.1. The molecule has 138 valence electrons. The van der Waals surface area contributed by atoms with Crippen LogP contribution >= 0.6 is 0 Å². The minimum atomic E-state index is -4.31. The van der Waals surface area contributed by atoms with Crippen LogP contribution in [0.3, 0.4) is 0 Å². The smallest absolute Gasteiger partial charge is 0.315 e. The zero-order chi connectivity index (χ0) is 18.9. The molecule has 2 unspecified atom stereocenters. The molecule has 2 atom stereocenters. The molecule has 0 bridgehead atoms. The van der Waals surface area contributed by atoms with Crippen molar-refractivity contribution < 1.29 is 32.4 Å². The number of nitro groups is 1. The van der Waals surface area contributed by atoms with Gasteiger partial charge in [0.25, 0.3) is 0 Å². The van der Waals surface area contributed by atoms with Gasteiger partial charge in [-0.15, -0.1) is 0 Å². The van der Waals surface area contributed by atoms with Crippen LogP contribution < -0.4 is 4.74 Å². The molecule has 1 saturated heterocycles. The second-order valence-corrected chi connectivity index (χ2v) is 7.64. The first kappa shape index (κ1) is 19.1. The van der Waals surface area contributed by atoms with Crippen molar-refractivity contribution >= 4 is 21.7 Å².